The molecule has 0 radical (unpaired) electrons. The molecule has 5 rings (SSSR count). The molecule has 0 saturated carbocycles. The van der Waals surface area contributed by atoms with Crippen LogP contribution in [0.4, 0.5) is 16.2 Å². The number of carbonyl (C=O) groups is 1. The summed E-state index contributed by atoms with van der Waals surface area (Å²) in [5.74, 6) is 0.804. The molecule has 2 amide bonds. The zero-order chi connectivity index (χ0) is 25.3. The van der Waals surface area contributed by atoms with Crippen molar-refractivity contribution in [3.63, 3.8) is 0 Å². The minimum atomic E-state index is -0.655. The molecule has 2 aliphatic rings. The maximum Gasteiger partial charge on any atom is 0.319 e. The second-order valence-corrected chi connectivity index (χ2v) is 10.5. The van der Waals surface area contributed by atoms with E-state index in [4.69, 9.17) is 4.98 Å². The fourth-order valence-corrected chi connectivity index (χ4v) is 4.83. The first kappa shape index (κ1) is 24.1. The van der Waals surface area contributed by atoms with Crippen LogP contribution in [0.1, 0.15) is 39.1 Å². The quantitative estimate of drug-likeness (QED) is 0.377. The van der Waals surface area contributed by atoms with Gasteiger partial charge >= 0.3 is 6.03 Å². The minimum Gasteiger partial charge on any atom is -0.369 e. The van der Waals surface area contributed by atoms with Gasteiger partial charge in [0.05, 0.1) is 11.0 Å². The number of benzene rings is 2. The van der Waals surface area contributed by atoms with Crippen LogP contribution in [0.2, 0.25) is 0 Å². The zero-order valence-electron chi connectivity index (χ0n) is 21.5. The first-order valence-corrected chi connectivity index (χ1v) is 12.6. The van der Waals surface area contributed by atoms with Crippen molar-refractivity contribution < 1.29 is 4.79 Å². The van der Waals surface area contributed by atoms with Gasteiger partial charge in [0, 0.05) is 49.3 Å². The number of carbonyl (C=O) groups excluding carboxylic acids is 1. The molecule has 5 N–H and O–H groups in total. The highest BCUT2D eigenvalue weighted by Crippen LogP contribution is 2.33. The van der Waals surface area contributed by atoms with Crippen LogP contribution in [-0.4, -0.2) is 59.2 Å². The number of urea groups is 1. The highest BCUT2D eigenvalue weighted by molar-refractivity contribution is 5.89. The fourth-order valence-electron chi connectivity index (χ4n) is 4.83. The van der Waals surface area contributed by atoms with Gasteiger partial charge in [-0.3, -0.25) is 0 Å². The molecule has 1 atom stereocenters. The van der Waals surface area contributed by atoms with E-state index < -0.39 is 5.54 Å². The van der Waals surface area contributed by atoms with E-state index in [0.717, 1.165) is 60.8 Å². The van der Waals surface area contributed by atoms with Crippen molar-refractivity contribution in [2.75, 3.05) is 42.9 Å². The Hall–Kier alpha value is -3.56. The molecule has 1 saturated heterocycles. The number of amides is 2. The lowest BCUT2D eigenvalue weighted by Gasteiger charge is -2.35. The van der Waals surface area contributed by atoms with Crippen molar-refractivity contribution in [2.45, 2.75) is 38.8 Å². The number of aromatic nitrogens is 2. The Bertz CT molecular complexity index is 1250. The zero-order valence-corrected chi connectivity index (χ0v) is 21.5. The SMILES string of the molecule is CCN1CCN(c2ccc3[nH]c(C4(c5ccc(NC(=O)NC(C)(C)C)cc5)C=CNN4)nc3c2)CC1. The van der Waals surface area contributed by atoms with Crippen LogP contribution in [-0.2, 0) is 5.54 Å². The van der Waals surface area contributed by atoms with E-state index in [1.165, 1.54) is 5.69 Å². The fraction of sp³-hybridized carbons (Fsp3) is 0.407. The predicted octanol–water partition coefficient (Wildman–Crippen LogP) is 3.49. The number of rotatable bonds is 5. The van der Waals surface area contributed by atoms with Crippen LogP contribution < -0.4 is 26.4 Å². The van der Waals surface area contributed by atoms with Crippen molar-refractivity contribution in [1.29, 1.82) is 0 Å². The van der Waals surface area contributed by atoms with E-state index in [-0.39, 0.29) is 11.6 Å². The van der Waals surface area contributed by atoms with Crippen LogP contribution in [0.25, 0.3) is 11.0 Å². The second kappa shape index (κ2) is 9.48. The third-order valence-electron chi connectivity index (χ3n) is 6.80. The Kier molecular flexibility index (Phi) is 6.36. The summed E-state index contributed by atoms with van der Waals surface area (Å²) in [5.41, 5.74) is 10.4. The smallest absolute Gasteiger partial charge is 0.319 e. The van der Waals surface area contributed by atoms with Gasteiger partial charge in [0.1, 0.15) is 11.4 Å². The van der Waals surface area contributed by atoms with Crippen molar-refractivity contribution in [3.05, 3.63) is 66.1 Å². The molecule has 3 aromatic rings. The molecule has 1 aromatic heterocycles. The molecule has 0 spiro atoms. The van der Waals surface area contributed by atoms with Gasteiger partial charge < -0.3 is 30.8 Å². The summed E-state index contributed by atoms with van der Waals surface area (Å²) in [4.78, 5) is 25.7. The first-order chi connectivity index (χ1) is 17.3. The van der Waals surface area contributed by atoms with E-state index in [0.29, 0.717) is 0 Å². The van der Waals surface area contributed by atoms with Gasteiger partial charge in [-0.15, -0.1) is 0 Å². The number of H-pyrrole nitrogens is 1. The number of hydrogen-bond donors (Lipinski definition) is 5. The lowest BCUT2D eigenvalue weighted by Crippen LogP contribution is -2.46. The van der Waals surface area contributed by atoms with Crippen molar-refractivity contribution in [1.82, 2.24) is 31.0 Å². The van der Waals surface area contributed by atoms with Crippen molar-refractivity contribution >= 4 is 28.4 Å². The number of nitrogens with one attached hydrogen (secondary N) is 5. The molecule has 3 heterocycles. The third-order valence-corrected chi connectivity index (χ3v) is 6.80. The van der Waals surface area contributed by atoms with Gasteiger partial charge in [0.25, 0.3) is 0 Å². The maximum atomic E-state index is 12.2. The van der Waals surface area contributed by atoms with Gasteiger partial charge in [0.15, 0.2) is 0 Å². The van der Waals surface area contributed by atoms with Crippen molar-refractivity contribution in [3.8, 4) is 0 Å². The summed E-state index contributed by atoms with van der Waals surface area (Å²) in [6, 6.07) is 14.1. The first-order valence-electron chi connectivity index (χ1n) is 12.6. The van der Waals surface area contributed by atoms with Crippen LogP contribution in [0.15, 0.2) is 54.7 Å². The molecular formula is C27H36N8O. The number of aromatic amines is 1. The normalized spacial score (nSPS) is 20.5. The Morgan fingerprint density at radius 1 is 1.08 bits per heavy atom. The van der Waals surface area contributed by atoms with E-state index in [1.54, 1.807) is 0 Å². The lowest BCUT2D eigenvalue weighted by atomic mass is 9.90. The number of fused-ring (bicyclic) bond motifs is 1. The molecule has 0 aliphatic carbocycles. The topological polar surface area (TPSA) is 100 Å². The largest absolute Gasteiger partial charge is 0.369 e. The number of piperazine rings is 1. The lowest BCUT2D eigenvalue weighted by molar-refractivity contribution is 0.244. The molecule has 0 bridgehead atoms. The Morgan fingerprint density at radius 3 is 2.47 bits per heavy atom. The van der Waals surface area contributed by atoms with Gasteiger partial charge in [-0.05, 0) is 69.3 Å². The predicted molar refractivity (Wildman–Crippen MR) is 145 cm³/mol. The highest BCUT2D eigenvalue weighted by Gasteiger charge is 2.37. The van der Waals surface area contributed by atoms with Gasteiger partial charge in [-0.2, -0.15) is 0 Å². The average Bonchev–Trinajstić information content (AvgIpc) is 3.51. The molecule has 1 unspecified atom stereocenters. The maximum absolute atomic E-state index is 12.2. The summed E-state index contributed by atoms with van der Waals surface area (Å²) < 4.78 is 0. The average molecular weight is 489 g/mol. The minimum absolute atomic E-state index is 0.227. The summed E-state index contributed by atoms with van der Waals surface area (Å²) in [6.45, 7) is 13.4. The van der Waals surface area contributed by atoms with E-state index in [9.17, 15) is 4.79 Å². The molecule has 1 fully saturated rings. The van der Waals surface area contributed by atoms with Crippen LogP contribution >= 0.6 is 0 Å². The van der Waals surface area contributed by atoms with Crippen molar-refractivity contribution in [2.24, 2.45) is 0 Å². The second-order valence-electron chi connectivity index (χ2n) is 10.5. The molecule has 9 nitrogen and oxygen atoms in total. The molecule has 190 valence electrons. The van der Waals surface area contributed by atoms with E-state index in [1.807, 2.05) is 51.2 Å². The molecule has 9 heteroatoms. The molecule has 2 aliphatic heterocycles. The monoisotopic (exact) mass is 488 g/mol. The Labute approximate surface area is 212 Å². The Morgan fingerprint density at radius 2 is 1.83 bits per heavy atom. The summed E-state index contributed by atoms with van der Waals surface area (Å²) in [7, 11) is 0. The van der Waals surface area contributed by atoms with Crippen LogP contribution in [0.3, 0.4) is 0 Å². The highest BCUT2D eigenvalue weighted by atomic mass is 16.2. The molecular weight excluding hydrogens is 452 g/mol. The number of hydrazine groups is 1. The number of imidazole rings is 1. The van der Waals surface area contributed by atoms with E-state index >= 15 is 0 Å². The number of hydrogen-bond acceptors (Lipinski definition) is 6. The van der Waals surface area contributed by atoms with E-state index in [2.05, 4.69) is 67.5 Å². The molecule has 36 heavy (non-hydrogen) atoms. The summed E-state index contributed by atoms with van der Waals surface area (Å²) in [5, 5.41) is 5.81. The summed E-state index contributed by atoms with van der Waals surface area (Å²) >= 11 is 0. The van der Waals surface area contributed by atoms with Gasteiger partial charge in [-0.1, -0.05) is 19.1 Å². The Balaban J connectivity index is 1.38. The third kappa shape index (κ3) is 4.89. The standard InChI is InChI=1S/C27H36N8O/c1-5-34-14-16-35(17-15-34)21-10-11-22-23(18-21)31-24(30-22)27(12-13-28-33-27)19-6-8-20(9-7-19)29-25(36)32-26(2,3)4/h6-13,18,28,33H,5,14-17H2,1-4H3,(H,30,31)(H2,29,32,36). The van der Waals surface area contributed by atoms with Crippen LogP contribution in [0, 0.1) is 0 Å². The van der Waals surface area contributed by atoms with Gasteiger partial charge in [-0.25, -0.2) is 15.2 Å². The number of anilines is 2. The van der Waals surface area contributed by atoms with Gasteiger partial charge in [0.2, 0.25) is 0 Å². The molecule has 2 aromatic carbocycles. The number of likely N-dealkylation sites (N-methyl/N-ethyl adjacent to an activating group) is 1. The number of nitrogens with zero attached hydrogens (tertiary/aromatic N) is 3. The summed E-state index contributed by atoms with van der Waals surface area (Å²) in [6.07, 6.45) is 3.94. The van der Waals surface area contributed by atoms with Crippen LogP contribution in [0.5, 0.6) is 0 Å².